The summed E-state index contributed by atoms with van der Waals surface area (Å²) in [6.45, 7) is 3.25. The van der Waals surface area contributed by atoms with E-state index < -0.39 is 45.0 Å². The largest absolute Gasteiger partial charge is 0.495 e. The van der Waals surface area contributed by atoms with Crippen molar-refractivity contribution in [2.75, 3.05) is 30.8 Å². The van der Waals surface area contributed by atoms with E-state index in [1.165, 1.54) is 24.1 Å². The number of sulfonamides is 1. The molecule has 0 saturated heterocycles. The number of hydrogen-bond donors (Lipinski definition) is 1. The Balaban J connectivity index is 2.56. The molecule has 0 aliphatic rings. The summed E-state index contributed by atoms with van der Waals surface area (Å²) in [5, 5.41) is 14.8. The summed E-state index contributed by atoms with van der Waals surface area (Å²) < 4.78 is 31.7. The maximum atomic E-state index is 13.8. The van der Waals surface area contributed by atoms with Gasteiger partial charge in [0, 0.05) is 35.3 Å². The van der Waals surface area contributed by atoms with Crippen LogP contribution in [0.15, 0.2) is 36.4 Å². The zero-order valence-electron chi connectivity index (χ0n) is 22.1. The first-order chi connectivity index (χ1) is 18.3. The van der Waals surface area contributed by atoms with Crippen LogP contribution in [-0.4, -0.2) is 62.6 Å². The molecule has 2 amide bonds. The van der Waals surface area contributed by atoms with Gasteiger partial charge in [-0.3, -0.25) is 24.0 Å². The number of benzene rings is 2. The van der Waals surface area contributed by atoms with Crippen LogP contribution in [0.1, 0.15) is 38.7 Å². The van der Waals surface area contributed by atoms with Crippen LogP contribution in [0.4, 0.5) is 11.4 Å². The van der Waals surface area contributed by atoms with Crippen molar-refractivity contribution in [3.8, 4) is 5.75 Å². The van der Waals surface area contributed by atoms with Crippen LogP contribution < -0.4 is 14.4 Å². The second kappa shape index (κ2) is 14.3. The minimum Gasteiger partial charge on any atom is -0.495 e. The van der Waals surface area contributed by atoms with Crippen molar-refractivity contribution in [3.05, 3.63) is 62.1 Å². The van der Waals surface area contributed by atoms with Crippen LogP contribution >= 0.6 is 23.2 Å². The van der Waals surface area contributed by atoms with Gasteiger partial charge in [-0.25, -0.2) is 8.42 Å². The van der Waals surface area contributed by atoms with E-state index in [1.807, 2.05) is 6.92 Å². The Hall–Kier alpha value is -3.09. The summed E-state index contributed by atoms with van der Waals surface area (Å²) in [5.41, 5.74) is -0.0843. The van der Waals surface area contributed by atoms with Gasteiger partial charge in [0.25, 0.3) is 5.69 Å². The van der Waals surface area contributed by atoms with Crippen molar-refractivity contribution in [3.63, 3.8) is 0 Å². The van der Waals surface area contributed by atoms with E-state index in [1.54, 1.807) is 19.1 Å². The average molecular weight is 604 g/mol. The predicted octanol–water partition coefficient (Wildman–Crippen LogP) is 4.40. The van der Waals surface area contributed by atoms with Gasteiger partial charge in [-0.2, -0.15) is 0 Å². The molecule has 0 aliphatic heterocycles. The molecule has 0 heterocycles. The number of nitro groups is 1. The number of ether oxygens (including phenoxy) is 1. The first-order valence-electron chi connectivity index (χ1n) is 12.1. The lowest BCUT2D eigenvalue weighted by atomic mass is 10.1. The molecule has 39 heavy (non-hydrogen) atoms. The van der Waals surface area contributed by atoms with E-state index in [0.717, 1.165) is 35.5 Å². The van der Waals surface area contributed by atoms with E-state index in [9.17, 15) is 28.1 Å². The Morgan fingerprint density at radius 2 is 1.85 bits per heavy atom. The molecule has 1 N–H and O–H groups in total. The fourth-order valence-corrected chi connectivity index (χ4v) is 5.15. The SMILES string of the molecule is CCCCNC(=O)[C@@H](CC)N(Cc1ccc(Cl)cc1Cl)C(=O)CN(c1cc([N+](=O)[O-])ccc1OC)S(C)(=O)=O. The van der Waals surface area contributed by atoms with Gasteiger partial charge >= 0.3 is 0 Å². The standard InChI is InChI=1S/C25H32Cl2N4O7S/c1-5-7-12-28-25(33)21(6-2)29(15-17-8-9-18(26)13-20(17)27)24(32)16-30(39(4,36)37)22-14-19(31(34)35)10-11-23(22)38-3/h8-11,13-14,21H,5-7,12,15-16H2,1-4H3,(H,28,33)/t21-/m1/s1. The van der Waals surface area contributed by atoms with E-state index >= 15 is 0 Å². The zero-order chi connectivity index (χ0) is 29.3. The number of carbonyl (C=O) groups is 2. The molecule has 2 aromatic rings. The van der Waals surface area contributed by atoms with Crippen LogP contribution in [0.5, 0.6) is 5.75 Å². The molecule has 0 aliphatic carbocycles. The Kier molecular flexibility index (Phi) is 11.8. The quantitative estimate of drug-likeness (QED) is 0.192. The number of amides is 2. The molecule has 0 bridgehead atoms. The van der Waals surface area contributed by atoms with Crippen molar-refractivity contribution < 1.29 is 27.7 Å². The molecule has 0 saturated carbocycles. The lowest BCUT2D eigenvalue weighted by molar-refractivity contribution is -0.384. The molecular weight excluding hydrogens is 571 g/mol. The van der Waals surface area contributed by atoms with Gasteiger partial charge in [-0.15, -0.1) is 0 Å². The number of halogens is 2. The van der Waals surface area contributed by atoms with Gasteiger partial charge in [0.05, 0.1) is 18.3 Å². The fourth-order valence-electron chi connectivity index (χ4n) is 3.84. The molecule has 0 aromatic heterocycles. The summed E-state index contributed by atoms with van der Waals surface area (Å²) >= 11 is 12.4. The van der Waals surface area contributed by atoms with Gasteiger partial charge in [0.1, 0.15) is 24.0 Å². The summed E-state index contributed by atoms with van der Waals surface area (Å²) in [4.78, 5) is 38.9. The van der Waals surface area contributed by atoms with Gasteiger partial charge in [0.2, 0.25) is 21.8 Å². The number of nitro benzene ring substituents is 1. The number of hydrogen-bond acceptors (Lipinski definition) is 7. The number of unbranched alkanes of at least 4 members (excludes halogenated alkanes) is 1. The second-order valence-electron chi connectivity index (χ2n) is 8.71. The van der Waals surface area contributed by atoms with Crippen molar-refractivity contribution >= 4 is 56.4 Å². The normalized spacial score (nSPS) is 11.9. The van der Waals surface area contributed by atoms with Crippen LogP contribution in [0, 0.1) is 10.1 Å². The summed E-state index contributed by atoms with van der Waals surface area (Å²) in [6, 6.07) is 7.18. The van der Waals surface area contributed by atoms with E-state index in [0.29, 0.717) is 17.1 Å². The second-order valence-corrected chi connectivity index (χ2v) is 11.5. The van der Waals surface area contributed by atoms with Crippen LogP contribution in [0.2, 0.25) is 10.0 Å². The minimum absolute atomic E-state index is 0.00970. The van der Waals surface area contributed by atoms with Crippen LogP contribution in [0.25, 0.3) is 0 Å². The highest BCUT2D eigenvalue weighted by atomic mass is 35.5. The summed E-state index contributed by atoms with van der Waals surface area (Å²) in [6.07, 6.45) is 2.70. The highest BCUT2D eigenvalue weighted by Gasteiger charge is 2.33. The monoisotopic (exact) mass is 602 g/mol. The van der Waals surface area contributed by atoms with Crippen molar-refractivity contribution in [2.45, 2.75) is 45.7 Å². The Morgan fingerprint density at radius 3 is 2.38 bits per heavy atom. The van der Waals surface area contributed by atoms with Gasteiger partial charge < -0.3 is 15.0 Å². The lowest BCUT2D eigenvalue weighted by Crippen LogP contribution is -2.52. The van der Waals surface area contributed by atoms with Crippen molar-refractivity contribution in [1.82, 2.24) is 10.2 Å². The predicted molar refractivity (Wildman–Crippen MR) is 151 cm³/mol. The first-order valence-corrected chi connectivity index (χ1v) is 14.8. The van der Waals surface area contributed by atoms with E-state index in [2.05, 4.69) is 5.32 Å². The van der Waals surface area contributed by atoms with Gasteiger partial charge in [0.15, 0.2) is 0 Å². The summed E-state index contributed by atoms with van der Waals surface area (Å²) in [7, 11) is -2.87. The summed E-state index contributed by atoms with van der Waals surface area (Å²) in [5.74, 6) is -1.11. The molecule has 0 fully saturated rings. The molecule has 11 nitrogen and oxygen atoms in total. The average Bonchev–Trinajstić information content (AvgIpc) is 2.87. The smallest absolute Gasteiger partial charge is 0.271 e. The maximum Gasteiger partial charge on any atom is 0.271 e. The first kappa shape index (κ1) is 32.1. The molecule has 0 spiro atoms. The number of non-ortho nitro benzene ring substituents is 1. The van der Waals surface area contributed by atoms with Crippen LogP contribution in [0.3, 0.4) is 0 Å². The van der Waals surface area contributed by atoms with E-state index in [4.69, 9.17) is 27.9 Å². The molecule has 2 rings (SSSR count). The van der Waals surface area contributed by atoms with Crippen molar-refractivity contribution in [1.29, 1.82) is 0 Å². The topological polar surface area (TPSA) is 139 Å². The highest BCUT2D eigenvalue weighted by molar-refractivity contribution is 7.92. The van der Waals surface area contributed by atoms with Gasteiger partial charge in [-0.1, -0.05) is 49.5 Å². The number of anilines is 1. The Labute approximate surface area is 238 Å². The molecule has 1 atom stereocenters. The fraction of sp³-hybridized carbons (Fsp3) is 0.440. The molecule has 2 aromatic carbocycles. The third-order valence-corrected chi connectivity index (χ3v) is 7.61. The number of nitrogens with one attached hydrogen (secondary N) is 1. The Morgan fingerprint density at radius 1 is 1.15 bits per heavy atom. The van der Waals surface area contributed by atoms with Crippen molar-refractivity contribution in [2.24, 2.45) is 0 Å². The number of carbonyl (C=O) groups excluding carboxylic acids is 2. The molecule has 0 radical (unpaired) electrons. The van der Waals surface area contributed by atoms with E-state index in [-0.39, 0.29) is 29.4 Å². The number of nitrogens with zero attached hydrogens (tertiary/aromatic N) is 3. The van der Waals surface area contributed by atoms with Crippen LogP contribution in [-0.2, 0) is 26.2 Å². The molecule has 14 heteroatoms. The number of methoxy groups -OCH3 is 1. The maximum absolute atomic E-state index is 13.8. The third-order valence-electron chi connectivity index (χ3n) is 5.89. The van der Waals surface area contributed by atoms with Gasteiger partial charge in [-0.05, 0) is 36.6 Å². The zero-order valence-corrected chi connectivity index (χ0v) is 24.5. The molecular formula is C25H32Cl2N4O7S. The highest BCUT2D eigenvalue weighted by Crippen LogP contribution is 2.34. The Bertz CT molecular complexity index is 1310. The molecule has 0 unspecified atom stereocenters. The molecule has 214 valence electrons. The lowest BCUT2D eigenvalue weighted by Gasteiger charge is -2.33. The third kappa shape index (κ3) is 8.70. The number of rotatable bonds is 14. The minimum atomic E-state index is -4.14.